The highest BCUT2D eigenvalue weighted by molar-refractivity contribution is 5.98. The third kappa shape index (κ3) is 3.59. The Balaban J connectivity index is 1.61. The van der Waals surface area contributed by atoms with Crippen LogP contribution in [0.15, 0.2) is 42.5 Å². The van der Waals surface area contributed by atoms with Gasteiger partial charge in [-0.05, 0) is 55.2 Å². The Hall–Kier alpha value is -2.62. The first kappa shape index (κ1) is 15.3. The molecule has 2 aromatic carbocycles. The fourth-order valence-corrected chi connectivity index (χ4v) is 2.76. The van der Waals surface area contributed by atoms with E-state index in [9.17, 15) is 9.59 Å². The van der Waals surface area contributed by atoms with Crippen LogP contribution in [0.5, 0.6) is 5.75 Å². The second kappa shape index (κ2) is 6.65. The molecular formula is C19H19NO3. The molecule has 0 aliphatic heterocycles. The van der Waals surface area contributed by atoms with Crippen molar-refractivity contribution in [3.8, 4) is 5.75 Å². The van der Waals surface area contributed by atoms with Gasteiger partial charge >= 0.3 is 0 Å². The molecular weight excluding hydrogens is 290 g/mol. The van der Waals surface area contributed by atoms with E-state index in [-0.39, 0.29) is 18.3 Å². The molecule has 0 bridgehead atoms. The topological polar surface area (TPSA) is 55.4 Å². The lowest BCUT2D eigenvalue weighted by Crippen LogP contribution is -2.20. The van der Waals surface area contributed by atoms with E-state index in [0.29, 0.717) is 12.2 Å². The van der Waals surface area contributed by atoms with Gasteiger partial charge in [-0.3, -0.25) is 9.59 Å². The molecule has 0 aromatic heterocycles. The van der Waals surface area contributed by atoms with Crippen molar-refractivity contribution < 1.29 is 14.3 Å². The lowest BCUT2D eigenvalue weighted by atomic mass is 9.91. The summed E-state index contributed by atoms with van der Waals surface area (Å²) in [5, 5.41) is 2.83. The average molecular weight is 309 g/mol. The van der Waals surface area contributed by atoms with E-state index < -0.39 is 0 Å². The Bertz CT molecular complexity index is 752. The molecule has 2 aromatic rings. The summed E-state index contributed by atoms with van der Waals surface area (Å²) in [4.78, 5) is 23.8. The molecule has 0 atom stereocenters. The Morgan fingerprint density at radius 1 is 1.17 bits per heavy atom. The van der Waals surface area contributed by atoms with Gasteiger partial charge < -0.3 is 10.1 Å². The van der Waals surface area contributed by atoms with Crippen molar-refractivity contribution >= 4 is 17.4 Å². The second-order valence-electron chi connectivity index (χ2n) is 5.75. The summed E-state index contributed by atoms with van der Waals surface area (Å²) in [7, 11) is 0. The van der Waals surface area contributed by atoms with E-state index >= 15 is 0 Å². The average Bonchev–Trinajstić information content (AvgIpc) is 2.55. The Morgan fingerprint density at radius 3 is 2.83 bits per heavy atom. The van der Waals surface area contributed by atoms with E-state index in [1.807, 2.05) is 37.3 Å². The fourth-order valence-electron chi connectivity index (χ4n) is 2.76. The number of carbonyl (C=O) groups is 2. The summed E-state index contributed by atoms with van der Waals surface area (Å²) >= 11 is 0. The molecule has 4 heteroatoms. The normalized spacial score (nSPS) is 13.3. The largest absolute Gasteiger partial charge is 0.484 e. The molecule has 0 saturated carbocycles. The van der Waals surface area contributed by atoms with Gasteiger partial charge in [0.05, 0.1) is 0 Å². The van der Waals surface area contributed by atoms with Crippen LogP contribution in [-0.4, -0.2) is 18.3 Å². The molecule has 4 nitrogen and oxygen atoms in total. The van der Waals surface area contributed by atoms with Gasteiger partial charge in [-0.25, -0.2) is 0 Å². The van der Waals surface area contributed by atoms with E-state index in [2.05, 4.69) is 5.32 Å². The number of hydrogen-bond acceptors (Lipinski definition) is 3. The van der Waals surface area contributed by atoms with Gasteiger partial charge in [0.1, 0.15) is 5.75 Å². The summed E-state index contributed by atoms with van der Waals surface area (Å²) in [6.07, 6.45) is 2.38. The third-order valence-electron chi connectivity index (χ3n) is 4.02. The number of rotatable bonds is 4. The monoisotopic (exact) mass is 309 g/mol. The summed E-state index contributed by atoms with van der Waals surface area (Å²) in [6, 6.07) is 13.0. The lowest BCUT2D eigenvalue weighted by molar-refractivity contribution is -0.118. The van der Waals surface area contributed by atoms with Crippen molar-refractivity contribution in [1.82, 2.24) is 0 Å². The molecule has 118 valence electrons. The molecule has 1 aliphatic rings. The minimum atomic E-state index is -0.201. The lowest BCUT2D eigenvalue weighted by Gasteiger charge is -2.16. The van der Waals surface area contributed by atoms with Crippen molar-refractivity contribution in [2.45, 2.75) is 26.2 Å². The first-order valence-electron chi connectivity index (χ1n) is 7.78. The van der Waals surface area contributed by atoms with Crippen LogP contribution in [0.1, 0.15) is 34.3 Å². The van der Waals surface area contributed by atoms with E-state index in [1.54, 1.807) is 12.1 Å². The van der Waals surface area contributed by atoms with Crippen LogP contribution in [0, 0.1) is 6.92 Å². The number of carbonyl (C=O) groups excluding carboxylic acids is 2. The zero-order valence-electron chi connectivity index (χ0n) is 13.1. The zero-order valence-corrected chi connectivity index (χ0v) is 13.1. The number of hydrogen-bond donors (Lipinski definition) is 1. The Labute approximate surface area is 135 Å². The molecule has 1 aliphatic carbocycles. The molecule has 1 N–H and O–H groups in total. The van der Waals surface area contributed by atoms with Crippen molar-refractivity contribution in [3.63, 3.8) is 0 Å². The Kier molecular flexibility index (Phi) is 4.42. The van der Waals surface area contributed by atoms with Crippen LogP contribution >= 0.6 is 0 Å². The predicted octanol–water partition coefficient (Wildman–Crippen LogP) is 3.53. The van der Waals surface area contributed by atoms with Crippen LogP contribution in [0.25, 0.3) is 0 Å². The van der Waals surface area contributed by atoms with Gasteiger partial charge in [-0.1, -0.05) is 18.2 Å². The number of ketones is 1. The quantitative estimate of drug-likeness (QED) is 0.940. The molecule has 3 rings (SSSR count). The number of ether oxygens (including phenoxy) is 1. The van der Waals surface area contributed by atoms with Crippen molar-refractivity contribution in [1.29, 1.82) is 0 Å². The Morgan fingerprint density at radius 2 is 2.00 bits per heavy atom. The summed E-state index contributed by atoms with van der Waals surface area (Å²) < 4.78 is 5.56. The maximum absolute atomic E-state index is 12.0. The van der Waals surface area contributed by atoms with Gasteiger partial charge in [0, 0.05) is 17.7 Å². The molecule has 0 saturated heterocycles. The van der Waals surface area contributed by atoms with Gasteiger partial charge in [-0.15, -0.1) is 0 Å². The summed E-state index contributed by atoms with van der Waals surface area (Å²) in [5.74, 6) is 0.613. The van der Waals surface area contributed by atoms with E-state index in [4.69, 9.17) is 4.74 Å². The number of para-hydroxylation sites is 1. The first-order valence-corrected chi connectivity index (χ1v) is 7.78. The molecule has 0 spiro atoms. The van der Waals surface area contributed by atoms with Crippen molar-refractivity contribution in [2.24, 2.45) is 0 Å². The number of nitrogens with one attached hydrogen (secondary N) is 1. The van der Waals surface area contributed by atoms with Crippen LogP contribution < -0.4 is 10.1 Å². The molecule has 0 fully saturated rings. The number of aryl methyl sites for hydroxylation is 2. The van der Waals surface area contributed by atoms with Crippen LogP contribution in [0.4, 0.5) is 5.69 Å². The smallest absolute Gasteiger partial charge is 0.262 e. The summed E-state index contributed by atoms with van der Waals surface area (Å²) in [6.45, 7) is 1.89. The highest BCUT2D eigenvalue weighted by Gasteiger charge is 2.17. The standard InChI is InChI=1S/C19H19NO3/c1-13-5-2-3-7-17(13)20-19(22)12-23-15-9-10-16-14(11-15)6-4-8-18(16)21/h2-3,5,7,9-11H,4,6,8,12H2,1H3,(H,20,22). The molecule has 0 heterocycles. The van der Waals surface area contributed by atoms with Crippen LogP contribution in [-0.2, 0) is 11.2 Å². The SMILES string of the molecule is Cc1ccccc1NC(=O)COc1ccc2c(c1)CCCC2=O. The number of benzene rings is 2. The minimum Gasteiger partial charge on any atom is -0.484 e. The molecule has 0 radical (unpaired) electrons. The molecule has 23 heavy (non-hydrogen) atoms. The first-order chi connectivity index (χ1) is 11.1. The maximum Gasteiger partial charge on any atom is 0.262 e. The van der Waals surface area contributed by atoms with Crippen molar-refractivity contribution in [3.05, 3.63) is 59.2 Å². The van der Waals surface area contributed by atoms with Gasteiger partial charge in [-0.2, -0.15) is 0 Å². The van der Waals surface area contributed by atoms with Crippen LogP contribution in [0.2, 0.25) is 0 Å². The molecule has 1 amide bonds. The van der Waals surface area contributed by atoms with Gasteiger partial charge in [0.15, 0.2) is 12.4 Å². The van der Waals surface area contributed by atoms with Crippen molar-refractivity contribution in [2.75, 3.05) is 11.9 Å². The third-order valence-corrected chi connectivity index (χ3v) is 4.02. The van der Waals surface area contributed by atoms with Gasteiger partial charge in [0.25, 0.3) is 5.91 Å². The fraction of sp³-hybridized carbons (Fsp3) is 0.263. The van der Waals surface area contributed by atoms with Gasteiger partial charge in [0.2, 0.25) is 0 Å². The highest BCUT2D eigenvalue weighted by atomic mass is 16.5. The van der Waals surface area contributed by atoms with Crippen LogP contribution in [0.3, 0.4) is 0 Å². The second-order valence-corrected chi connectivity index (χ2v) is 5.75. The molecule has 0 unspecified atom stereocenters. The highest BCUT2D eigenvalue weighted by Crippen LogP contribution is 2.25. The van der Waals surface area contributed by atoms with E-state index in [1.165, 1.54) is 0 Å². The zero-order chi connectivity index (χ0) is 16.2. The number of anilines is 1. The minimum absolute atomic E-state index is 0.0545. The summed E-state index contributed by atoms with van der Waals surface area (Å²) in [5.41, 5.74) is 3.59. The maximum atomic E-state index is 12.0. The van der Waals surface area contributed by atoms with E-state index in [0.717, 1.165) is 35.2 Å². The number of amides is 1. The number of Topliss-reactive ketones (excluding diaryl/α,β-unsaturated/α-hetero) is 1. The predicted molar refractivity (Wildman–Crippen MR) is 89.0 cm³/mol. The number of fused-ring (bicyclic) bond motifs is 1.